The standard InChI is InChI=1S/C22H27NO4/c1-15-21(27-22(2,3)26-15)19(14-20(24)16-8-6-5-7-9-16)23-17-10-12-18(25-4)13-11-17/h5-13,15,19,21,23H,14H2,1-4H3/t15-,19-,21+/m1/s1. The van der Waals surface area contributed by atoms with Crippen LogP contribution in [0.2, 0.25) is 0 Å². The second-order valence-corrected chi connectivity index (χ2v) is 7.28. The summed E-state index contributed by atoms with van der Waals surface area (Å²) in [6, 6.07) is 16.8. The van der Waals surface area contributed by atoms with Gasteiger partial charge in [0.1, 0.15) is 11.9 Å². The highest BCUT2D eigenvalue weighted by molar-refractivity contribution is 5.96. The van der Waals surface area contributed by atoms with Crippen molar-refractivity contribution in [3.05, 3.63) is 60.2 Å². The van der Waals surface area contributed by atoms with E-state index in [0.717, 1.165) is 11.4 Å². The highest BCUT2D eigenvalue weighted by atomic mass is 16.8. The lowest BCUT2D eigenvalue weighted by Gasteiger charge is -2.27. The lowest BCUT2D eigenvalue weighted by atomic mass is 9.97. The van der Waals surface area contributed by atoms with Crippen LogP contribution in [0.15, 0.2) is 54.6 Å². The first-order valence-electron chi connectivity index (χ1n) is 9.22. The van der Waals surface area contributed by atoms with Crippen LogP contribution in [0.3, 0.4) is 0 Å². The van der Waals surface area contributed by atoms with Crippen molar-refractivity contribution < 1.29 is 19.0 Å². The number of hydrogen-bond acceptors (Lipinski definition) is 5. The Morgan fingerprint density at radius 3 is 2.33 bits per heavy atom. The second kappa shape index (κ2) is 8.11. The van der Waals surface area contributed by atoms with Gasteiger partial charge in [0.25, 0.3) is 0 Å². The van der Waals surface area contributed by atoms with Gasteiger partial charge in [0.15, 0.2) is 11.6 Å². The van der Waals surface area contributed by atoms with E-state index in [9.17, 15) is 4.79 Å². The number of nitrogens with one attached hydrogen (secondary N) is 1. The van der Waals surface area contributed by atoms with E-state index in [1.54, 1.807) is 7.11 Å². The van der Waals surface area contributed by atoms with E-state index in [1.807, 2.05) is 75.4 Å². The fourth-order valence-electron chi connectivity index (χ4n) is 3.47. The van der Waals surface area contributed by atoms with Crippen LogP contribution in [0, 0.1) is 0 Å². The van der Waals surface area contributed by atoms with Crippen LogP contribution in [-0.2, 0) is 9.47 Å². The van der Waals surface area contributed by atoms with Crippen LogP contribution < -0.4 is 10.1 Å². The van der Waals surface area contributed by atoms with Gasteiger partial charge in [-0.15, -0.1) is 0 Å². The van der Waals surface area contributed by atoms with Crippen LogP contribution in [-0.4, -0.2) is 36.9 Å². The summed E-state index contributed by atoms with van der Waals surface area (Å²) in [6.07, 6.45) is -0.0566. The minimum absolute atomic E-state index is 0.0714. The minimum Gasteiger partial charge on any atom is -0.497 e. The summed E-state index contributed by atoms with van der Waals surface area (Å²) in [6.45, 7) is 5.77. The van der Waals surface area contributed by atoms with Gasteiger partial charge in [0, 0.05) is 17.7 Å². The zero-order chi connectivity index (χ0) is 19.4. The molecule has 0 bridgehead atoms. The number of rotatable bonds is 7. The normalized spacial score (nSPS) is 22.2. The number of carbonyl (C=O) groups excluding carboxylic acids is 1. The third kappa shape index (κ3) is 4.87. The Bertz CT molecular complexity index is 758. The molecule has 3 atom stereocenters. The Balaban J connectivity index is 1.80. The number of carbonyl (C=O) groups is 1. The first kappa shape index (κ1) is 19.4. The number of hydrogen-bond donors (Lipinski definition) is 1. The molecular formula is C22H27NO4. The van der Waals surface area contributed by atoms with Crippen LogP contribution in [0.1, 0.15) is 37.6 Å². The Kier molecular flexibility index (Phi) is 5.82. The molecule has 3 rings (SSSR count). The molecule has 1 saturated heterocycles. The SMILES string of the molecule is COc1ccc(N[C@H](CC(=O)c2ccccc2)[C@H]2OC(C)(C)O[C@@H]2C)cc1. The molecule has 1 aliphatic rings. The Morgan fingerprint density at radius 2 is 1.78 bits per heavy atom. The number of anilines is 1. The monoisotopic (exact) mass is 369 g/mol. The first-order valence-corrected chi connectivity index (χ1v) is 9.22. The fourth-order valence-corrected chi connectivity index (χ4v) is 3.47. The van der Waals surface area contributed by atoms with Crippen molar-refractivity contribution >= 4 is 11.5 Å². The summed E-state index contributed by atoms with van der Waals surface area (Å²) in [5, 5.41) is 3.46. The number of Topliss-reactive ketones (excluding diaryl/α,β-unsaturated/α-hetero) is 1. The summed E-state index contributed by atoms with van der Waals surface area (Å²) in [4.78, 5) is 12.8. The smallest absolute Gasteiger partial charge is 0.165 e. The molecule has 144 valence electrons. The molecule has 0 unspecified atom stereocenters. The number of ether oxygens (including phenoxy) is 3. The second-order valence-electron chi connectivity index (χ2n) is 7.28. The van der Waals surface area contributed by atoms with Gasteiger partial charge in [0.05, 0.1) is 19.3 Å². The van der Waals surface area contributed by atoms with Crippen molar-refractivity contribution in [1.82, 2.24) is 0 Å². The summed E-state index contributed by atoms with van der Waals surface area (Å²) >= 11 is 0. The third-order valence-corrected chi connectivity index (χ3v) is 4.69. The minimum atomic E-state index is -0.667. The first-order chi connectivity index (χ1) is 12.9. The Labute approximate surface area is 160 Å². The maximum Gasteiger partial charge on any atom is 0.165 e. The molecule has 0 saturated carbocycles. The molecule has 2 aromatic rings. The van der Waals surface area contributed by atoms with Crippen molar-refractivity contribution in [2.45, 2.75) is 51.2 Å². The van der Waals surface area contributed by atoms with Crippen molar-refractivity contribution in [2.24, 2.45) is 0 Å². The number of benzene rings is 2. The topological polar surface area (TPSA) is 56.8 Å². The highest BCUT2D eigenvalue weighted by Crippen LogP contribution is 2.32. The summed E-state index contributed by atoms with van der Waals surface area (Å²) in [5.41, 5.74) is 1.60. The van der Waals surface area contributed by atoms with Gasteiger partial charge in [0.2, 0.25) is 0 Å². The largest absolute Gasteiger partial charge is 0.497 e. The van der Waals surface area contributed by atoms with E-state index in [-0.39, 0.29) is 24.0 Å². The van der Waals surface area contributed by atoms with E-state index in [0.29, 0.717) is 12.0 Å². The number of methoxy groups -OCH3 is 1. The molecular weight excluding hydrogens is 342 g/mol. The van der Waals surface area contributed by atoms with E-state index < -0.39 is 5.79 Å². The van der Waals surface area contributed by atoms with Gasteiger partial charge < -0.3 is 19.5 Å². The molecule has 5 heteroatoms. The van der Waals surface area contributed by atoms with Crippen LogP contribution in [0.4, 0.5) is 5.69 Å². The molecule has 0 radical (unpaired) electrons. The van der Waals surface area contributed by atoms with Crippen molar-refractivity contribution in [2.75, 3.05) is 12.4 Å². The average Bonchev–Trinajstić information content (AvgIpc) is 2.95. The zero-order valence-corrected chi connectivity index (χ0v) is 16.3. The summed E-state index contributed by atoms with van der Waals surface area (Å²) < 4.78 is 17.2. The summed E-state index contributed by atoms with van der Waals surface area (Å²) in [5.74, 6) is 0.189. The Hall–Kier alpha value is -2.37. The van der Waals surface area contributed by atoms with Gasteiger partial charge in [-0.1, -0.05) is 30.3 Å². The Morgan fingerprint density at radius 1 is 1.11 bits per heavy atom. The quantitative estimate of drug-likeness (QED) is 0.738. The van der Waals surface area contributed by atoms with Crippen molar-refractivity contribution in [3.63, 3.8) is 0 Å². The van der Waals surface area contributed by atoms with E-state index in [2.05, 4.69) is 5.32 Å². The van der Waals surface area contributed by atoms with Gasteiger partial charge >= 0.3 is 0 Å². The number of ketones is 1. The molecule has 2 aromatic carbocycles. The molecule has 1 aliphatic heterocycles. The molecule has 1 N–H and O–H groups in total. The highest BCUT2D eigenvalue weighted by Gasteiger charge is 2.43. The fraction of sp³-hybridized carbons (Fsp3) is 0.409. The molecule has 1 fully saturated rings. The van der Waals surface area contributed by atoms with E-state index in [1.165, 1.54) is 0 Å². The molecule has 0 aromatic heterocycles. The van der Waals surface area contributed by atoms with Gasteiger partial charge in [-0.05, 0) is 45.0 Å². The lowest BCUT2D eigenvalue weighted by Crippen LogP contribution is -2.41. The average molecular weight is 369 g/mol. The molecule has 5 nitrogen and oxygen atoms in total. The predicted molar refractivity (Wildman–Crippen MR) is 105 cm³/mol. The molecule has 1 heterocycles. The summed E-state index contributed by atoms with van der Waals surface area (Å²) in [7, 11) is 1.64. The maximum atomic E-state index is 12.8. The van der Waals surface area contributed by atoms with Gasteiger partial charge in [-0.2, -0.15) is 0 Å². The van der Waals surface area contributed by atoms with Gasteiger partial charge in [-0.25, -0.2) is 0 Å². The molecule has 27 heavy (non-hydrogen) atoms. The molecule has 0 amide bonds. The van der Waals surface area contributed by atoms with E-state index >= 15 is 0 Å². The van der Waals surface area contributed by atoms with Crippen LogP contribution >= 0.6 is 0 Å². The maximum absolute atomic E-state index is 12.8. The van der Waals surface area contributed by atoms with Crippen LogP contribution in [0.25, 0.3) is 0 Å². The lowest BCUT2D eigenvalue weighted by molar-refractivity contribution is -0.146. The van der Waals surface area contributed by atoms with Gasteiger partial charge in [-0.3, -0.25) is 4.79 Å². The van der Waals surface area contributed by atoms with E-state index in [4.69, 9.17) is 14.2 Å². The zero-order valence-electron chi connectivity index (χ0n) is 16.3. The third-order valence-electron chi connectivity index (χ3n) is 4.69. The van der Waals surface area contributed by atoms with Crippen molar-refractivity contribution in [1.29, 1.82) is 0 Å². The van der Waals surface area contributed by atoms with Crippen molar-refractivity contribution in [3.8, 4) is 5.75 Å². The van der Waals surface area contributed by atoms with Crippen LogP contribution in [0.5, 0.6) is 5.75 Å². The molecule has 0 spiro atoms. The molecule has 0 aliphatic carbocycles. The predicted octanol–water partition coefficient (Wildman–Crippen LogP) is 4.29.